The Bertz CT molecular complexity index is 578. The number of amides is 1. The highest BCUT2D eigenvalue weighted by Crippen LogP contribution is 2.34. The molecule has 0 saturated heterocycles. The zero-order valence-electron chi connectivity index (χ0n) is 10.3. The van der Waals surface area contributed by atoms with Gasteiger partial charge >= 0.3 is 0 Å². The Morgan fingerprint density at radius 2 is 2.28 bits per heavy atom. The van der Waals surface area contributed by atoms with Gasteiger partial charge in [-0.3, -0.25) is 4.79 Å². The fourth-order valence-electron chi connectivity index (χ4n) is 1.96. The zero-order chi connectivity index (χ0) is 13.1. The SMILES string of the molecule is COc1ccc2[nH]cc(CCNC(C)=O)c2c1Cl. The number of carbonyl (C=O) groups excluding carboxylic acids is 1. The van der Waals surface area contributed by atoms with Gasteiger partial charge in [-0.25, -0.2) is 0 Å². The number of nitrogens with one attached hydrogen (secondary N) is 2. The molecule has 96 valence electrons. The van der Waals surface area contributed by atoms with E-state index in [1.54, 1.807) is 7.11 Å². The molecule has 1 aromatic carbocycles. The normalized spacial score (nSPS) is 10.6. The lowest BCUT2D eigenvalue weighted by atomic mass is 10.1. The molecule has 0 spiro atoms. The highest BCUT2D eigenvalue weighted by molar-refractivity contribution is 6.37. The summed E-state index contributed by atoms with van der Waals surface area (Å²) in [4.78, 5) is 14.0. The van der Waals surface area contributed by atoms with Crippen molar-refractivity contribution in [1.29, 1.82) is 0 Å². The number of hydrogen-bond donors (Lipinski definition) is 2. The molecule has 4 nitrogen and oxygen atoms in total. The first-order valence-electron chi connectivity index (χ1n) is 5.70. The molecular formula is C13H15ClN2O2. The number of aromatic amines is 1. The second-order valence-corrected chi connectivity index (χ2v) is 4.43. The molecule has 0 unspecified atom stereocenters. The molecule has 0 aliphatic carbocycles. The van der Waals surface area contributed by atoms with Crippen LogP contribution in [-0.4, -0.2) is 24.5 Å². The minimum Gasteiger partial charge on any atom is -0.495 e. The first kappa shape index (κ1) is 12.8. The molecule has 0 bridgehead atoms. The van der Waals surface area contributed by atoms with Crippen LogP contribution in [0.1, 0.15) is 12.5 Å². The van der Waals surface area contributed by atoms with Crippen LogP contribution in [0.3, 0.4) is 0 Å². The Morgan fingerprint density at radius 1 is 1.50 bits per heavy atom. The number of rotatable bonds is 4. The van der Waals surface area contributed by atoms with E-state index >= 15 is 0 Å². The maximum absolute atomic E-state index is 10.8. The van der Waals surface area contributed by atoms with Crippen LogP contribution in [-0.2, 0) is 11.2 Å². The molecular weight excluding hydrogens is 252 g/mol. The molecule has 0 fully saturated rings. The molecule has 18 heavy (non-hydrogen) atoms. The quantitative estimate of drug-likeness (QED) is 0.893. The van der Waals surface area contributed by atoms with Crippen molar-refractivity contribution in [3.05, 3.63) is 28.9 Å². The summed E-state index contributed by atoms with van der Waals surface area (Å²) in [5.41, 5.74) is 2.04. The minimum absolute atomic E-state index is 0.0291. The number of benzene rings is 1. The van der Waals surface area contributed by atoms with E-state index in [4.69, 9.17) is 16.3 Å². The van der Waals surface area contributed by atoms with Gasteiger partial charge < -0.3 is 15.0 Å². The van der Waals surface area contributed by atoms with E-state index in [1.807, 2.05) is 18.3 Å². The van der Waals surface area contributed by atoms with E-state index in [0.717, 1.165) is 22.9 Å². The van der Waals surface area contributed by atoms with Crippen molar-refractivity contribution in [2.45, 2.75) is 13.3 Å². The number of ether oxygens (including phenoxy) is 1. The van der Waals surface area contributed by atoms with Crippen molar-refractivity contribution >= 4 is 28.4 Å². The van der Waals surface area contributed by atoms with Crippen LogP contribution in [0.4, 0.5) is 0 Å². The number of aromatic nitrogens is 1. The predicted octanol–water partition coefficient (Wildman–Crippen LogP) is 2.51. The van der Waals surface area contributed by atoms with E-state index in [0.29, 0.717) is 17.3 Å². The maximum Gasteiger partial charge on any atom is 0.216 e. The summed E-state index contributed by atoms with van der Waals surface area (Å²) in [5, 5.41) is 4.33. The van der Waals surface area contributed by atoms with Gasteiger partial charge in [0.05, 0.1) is 12.1 Å². The van der Waals surface area contributed by atoms with Crippen molar-refractivity contribution in [2.75, 3.05) is 13.7 Å². The molecule has 5 heteroatoms. The molecule has 0 saturated carbocycles. The Labute approximate surface area is 110 Å². The summed E-state index contributed by atoms with van der Waals surface area (Å²) in [6, 6.07) is 3.76. The molecule has 2 rings (SSSR count). The fraction of sp³-hybridized carbons (Fsp3) is 0.308. The monoisotopic (exact) mass is 266 g/mol. The van der Waals surface area contributed by atoms with Gasteiger partial charge in [-0.1, -0.05) is 11.6 Å². The van der Waals surface area contributed by atoms with E-state index in [2.05, 4.69) is 10.3 Å². The second-order valence-electron chi connectivity index (χ2n) is 4.05. The summed E-state index contributed by atoms with van der Waals surface area (Å²) in [6.45, 7) is 2.10. The third kappa shape index (κ3) is 2.43. The average Bonchev–Trinajstić information content (AvgIpc) is 2.73. The minimum atomic E-state index is -0.0291. The number of halogens is 1. The van der Waals surface area contributed by atoms with Gasteiger partial charge in [0, 0.05) is 30.6 Å². The van der Waals surface area contributed by atoms with Gasteiger partial charge in [-0.2, -0.15) is 0 Å². The van der Waals surface area contributed by atoms with Gasteiger partial charge in [0.2, 0.25) is 5.91 Å². The summed E-state index contributed by atoms with van der Waals surface area (Å²) < 4.78 is 5.20. The number of H-pyrrole nitrogens is 1. The maximum atomic E-state index is 10.8. The third-order valence-electron chi connectivity index (χ3n) is 2.82. The Morgan fingerprint density at radius 3 is 2.94 bits per heavy atom. The topological polar surface area (TPSA) is 54.1 Å². The standard InChI is InChI=1S/C13H15ClN2O2/c1-8(17)15-6-5-9-7-16-10-3-4-11(18-2)13(14)12(9)10/h3-4,7,16H,5-6H2,1-2H3,(H,15,17). The molecule has 0 atom stereocenters. The Hall–Kier alpha value is -1.68. The van der Waals surface area contributed by atoms with Crippen LogP contribution >= 0.6 is 11.6 Å². The largest absolute Gasteiger partial charge is 0.495 e. The highest BCUT2D eigenvalue weighted by Gasteiger charge is 2.11. The van der Waals surface area contributed by atoms with Crippen LogP contribution < -0.4 is 10.1 Å². The first-order valence-corrected chi connectivity index (χ1v) is 6.08. The Balaban J connectivity index is 2.30. The average molecular weight is 267 g/mol. The van der Waals surface area contributed by atoms with E-state index in [-0.39, 0.29) is 5.91 Å². The fourth-order valence-corrected chi connectivity index (χ4v) is 2.32. The van der Waals surface area contributed by atoms with Gasteiger partial charge in [0.1, 0.15) is 5.75 Å². The lowest BCUT2D eigenvalue weighted by Gasteiger charge is -2.06. The number of fused-ring (bicyclic) bond motifs is 1. The van der Waals surface area contributed by atoms with E-state index in [9.17, 15) is 4.79 Å². The summed E-state index contributed by atoms with van der Waals surface area (Å²) in [7, 11) is 1.59. The Kier molecular flexibility index (Phi) is 3.77. The number of hydrogen-bond acceptors (Lipinski definition) is 2. The molecule has 0 radical (unpaired) electrons. The zero-order valence-corrected chi connectivity index (χ0v) is 11.1. The van der Waals surface area contributed by atoms with Crippen molar-refractivity contribution in [1.82, 2.24) is 10.3 Å². The predicted molar refractivity (Wildman–Crippen MR) is 72.2 cm³/mol. The van der Waals surface area contributed by atoms with Crippen molar-refractivity contribution < 1.29 is 9.53 Å². The second kappa shape index (κ2) is 5.31. The van der Waals surface area contributed by atoms with Crippen LogP contribution in [0, 0.1) is 0 Å². The molecule has 2 aromatic rings. The van der Waals surface area contributed by atoms with Crippen LogP contribution in [0.2, 0.25) is 5.02 Å². The van der Waals surface area contributed by atoms with Crippen LogP contribution in [0.15, 0.2) is 18.3 Å². The highest BCUT2D eigenvalue weighted by atomic mass is 35.5. The van der Waals surface area contributed by atoms with Gasteiger partial charge in [0.15, 0.2) is 0 Å². The molecule has 0 aliphatic rings. The summed E-state index contributed by atoms with van der Waals surface area (Å²) >= 11 is 6.30. The van der Waals surface area contributed by atoms with Gasteiger partial charge in [-0.05, 0) is 24.1 Å². The lowest BCUT2D eigenvalue weighted by Crippen LogP contribution is -2.22. The van der Waals surface area contributed by atoms with Gasteiger partial charge in [0.25, 0.3) is 0 Å². The third-order valence-corrected chi connectivity index (χ3v) is 3.19. The smallest absolute Gasteiger partial charge is 0.216 e. The van der Waals surface area contributed by atoms with E-state index < -0.39 is 0 Å². The molecule has 2 N–H and O–H groups in total. The molecule has 1 heterocycles. The first-order chi connectivity index (χ1) is 8.63. The van der Waals surface area contributed by atoms with Crippen LogP contribution in [0.5, 0.6) is 5.75 Å². The van der Waals surface area contributed by atoms with Crippen molar-refractivity contribution in [3.8, 4) is 5.75 Å². The lowest BCUT2D eigenvalue weighted by molar-refractivity contribution is -0.118. The number of methoxy groups -OCH3 is 1. The summed E-state index contributed by atoms with van der Waals surface area (Å²) in [6.07, 6.45) is 2.64. The summed E-state index contributed by atoms with van der Waals surface area (Å²) in [5.74, 6) is 0.628. The van der Waals surface area contributed by atoms with Gasteiger partial charge in [-0.15, -0.1) is 0 Å². The van der Waals surface area contributed by atoms with E-state index in [1.165, 1.54) is 6.92 Å². The molecule has 1 amide bonds. The molecule has 0 aliphatic heterocycles. The van der Waals surface area contributed by atoms with Crippen molar-refractivity contribution in [3.63, 3.8) is 0 Å². The van der Waals surface area contributed by atoms with Crippen molar-refractivity contribution in [2.24, 2.45) is 0 Å². The number of carbonyl (C=O) groups is 1. The van der Waals surface area contributed by atoms with Crippen LogP contribution in [0.25, 0.3) is 10.9 Å². The molecule has 1 aromatic heterocycles.